The number of piperidine rings is 1. The number of hydrogen-bond donors (Lipinski definition) is 0. The van der Waals surface area contributed by atoms with E-state index in [1.165, 1.54) is 13.4 Å². The molecule has 1 aromatic heterocycles. The van der Waals surface area contributed by atoms with Gasteiger partial charge in [-0.15, -0.1) is 0 Å². The van der Waals surface area contributed by atoms with E-state index in [1.54, 1.807) is 0 Å². The second-order valence-electron chi connectivity index (χ2n) is 7.79. The SMILES string of the molecule is COc1ncnc(N2CCC3(CC2)OC2CC[C@@H](c4ccccc4)N2C3=O)c1F. The minimum absolute atomic E-state index is 0.0641. The van der Waals surface area contributed by atoms with Crippen molar-refractivity contribution in [1.82, 2.24) is 14.9 Å². The Balaban J connectivity index is 1.34. The summed E-state index contributed by atoms with van der Waals surface area (Å²) in [7, 11) is 1.38. The zero-order valence-corrected chi connectivity index (χ0v) is 16.3. The number of benzene rings is 1. The van der Waals surface area contributed by atoms with Crippen LogP contribution in [0.15, 0.2) is 36.7 Å². The van der Waals surface area contributed by atoms with Gasteiger partial charge in [0.15, 0.2) is 11.4 Å². The third-order valence-corrected chi connectivity index (χ3v) is 6.31. The van der Waals surface area contributed by atoms with Crippen molar-refractivity contribution in [3.8, 4) is 5.88 Å². The number of amides is 1. The second-order valence-corrected chi connectivity index (χ2v) is 7.79. The van der Waals surface area contributed by atoms with Gasteiger partial charge in [0, 0.05) is 25.9 Å². The summed E-state index contributed by atoms with van der Waals surface area (Å²) >= 11 is 0. The van der Waals surface area contributed by atoms with Gasteiger partial charge in [0.1, 0.15) is 12.6 Å². The van der Waals surface area contributed by atoms with Gasteiger partial charge in [0.05, 0.1) is 13.2 Å². The molecule has 1 spiro atoms. The van der Waals surface area contributed by atoms with Crippen molar-refractivity contribution in [2.75, 3.05) is 25.1 Å². The molecule has 1 aromatic carbocycles. The van der Waals surface area contributed by atoms with E-state index in [9.17, 15) is 9.18 Å². The average molecular weight is 398 g/mol. The molecule has 5 rings (SSSR count). The van der Waals surface area contributed by atoms with Crippen molar-refractivity contribution in [1.29, 1.82) is 0 Å². The van der Waals surface area contributed by atoms with Crippen LogP contribution in [0.2, 0.25) is 0 Å². The Bertz CT molecular complexity index is 917. The molecule has 2 atom stereocenters. The lowest BCUT2D eigenvalue weighted by atomic mass is 9.89. The van der Waals surface area contributed by atoms with Gasteiger partial charge in [-0.25, -0.2) is 4.98 Å². The van der Waals surface area contributed by atoms with Gasteiger partial charge in [-0.1, -0.05) is 30.3 Å². The molecule has 3 aliphatic heterocycles. The molecule has 8 heteroatoms. The monoisotopic (exact) mass is 398 g/mol. The summed E-state index contributed by atoms with van der Waals surface area (Å²) in [5.74, 6) is -0.377. The molecule has 1 amide bonds. The topological polar surface area (TPSA) is 67.8 Å². The molecule has 0 bridgehead atoms. The number of methoxy groups -OCH3 is 1. The van der Waals surface area contributed by atoms with Crippen molar-refractivity contribution in [2.24, 2.45) is 0 Å². The number of anilines is 1. The standard InChI is InChI=1S/C21H23FN4O3/c1-28-19-17(22)18(23-13-24-19)25-11-9-21(10-12-25)20(27)26-15(7-8-16(26)29-21)14-5-3-2-4-6-14/h2-6,13,15-16H,7-12H2,1H3/t15-,16?/m0/s1. The summed E-state index contributed by atoms with van der Waals surface area (Å²) in [4.78, 5) is 25.1. The molecule has 0 saturated carbocycles. The molecular weight excluding hydrogens is 375 g/mol. The Morgan fingerprint density at radius 3 is 2.66 bits per heavy atom. The highest BCUT2D eigenvalue weighted by atomic mass is 19.1. The van der Waals surface area contributed by atoms with E-state index in [0.29, 0.717) is 25.9 Å². The van der Waals surface area contributed by atoms with E-state index in [1.807, 2.05) is 28.0 Å². The number of aromatic nitrogens is 2. The van der Waals surface area contributed by atoms with Crippen LogP contribution in [0.1, 0.15) is 37.3 Å². The van der Waals surface area contributed by atoms with Crippen molar-refractivity contribution in [2.45, 2.75) is 43.6 Å². The van der Waals surface area contributed by atoms with Gasteiger partial charge in [0.25, 0.3) is 11.8 Å². The fourth-order valence-corrected chi connectivity index (χ4v) is 4.84. The number of nitrogens with zero attached hydrogens (tertiary/aromatic N) is 4. The molecule has 3 fully saturated rings. The summed E-state index contributed by atoms with van der Waals surface area (Å²) in [6.45, 7) is 0.971. The molecule has 3 saturated heterocycles. The predicted octanol–water partition coefficient (Wildman–Crippen LogP) is 2.68. The molecule has 0 aliphatic carbocycles. The molecular formula is C21H23FN4O3. The lowest BCUT2D eigenvalue weighted by Gasteiger charge is -2.38. The Labute approximate surface area is 168 Å². The summed E-state index contributed by atoms with van der Waals surface area (Å²) in [6.07, 6.45) is 3.89. The number of carbonyl (C=O) groups excluding carboxylic acids is 1. The van der Waals surface area contributed by atoms with Gasteiger partial charge in [0.2, 0.25) is 5.82 Å². The number of hydrogen-bond acceptors (Lipinski definition) is 6. The lowest BCUT2D eigenvalue weighted by Crippen LogP contribution is -2.50. The van der Waals surface area contributed by atoms with Crippen LogP contribution in [-0.2, 0) is 9.53 Å². The molecule has 29 heavy (non-hydrogen) atoms. The predicted molar refractivity (Wildman–Crippen MR) is 103 cm³/mol. The first-order chi connectivity index (χ1) is 14.1. The molecule has 0 radical (unpaired) electrons. The first kappa shape index (κ1) is 18.3. The first-order valence-corrected chi connectivity index (χ1v) is 9.98. The minimum atomic E-state index is -0.817. The van der Waals surface area contributed by atoms with E-state index >= 15 is 0 Å². The molecule has 7 nitrogen and oxygen atoms in total. The highest BCUT2D eigenvalue weighted by molar-refractivity contribution is 5.88. The van der Waals surface area contributed by atoms with E-state index in [0.717, 1.165) is 18.4 Å². The number of fused-ring (bicyclic) bond motifs is 1. The van der Waals surface area contributed by atoms with Crippen molar-refractivity contribution < 1.29 is 18.7 Å². The maximum absolute atomic E-state index is 14.5. The van der Waals surface area contributed by atoms with Gasteiger partial charge in [-0.05, 0) is 18.4 Å². The number of ether oxygens (including phenoxy) is 2. The average Bonchev–Trinajstić information content (AvgIpc) is 3.28. The van der Waals surface area contributed by atoms with Crippen LogP contribution in [0, 0.1) is 5.82 Å². The van der Waals surface area contributed by atoms with Crippen LogP contribution in [0.25, 0.3) is 0 Å². The molecule has 2 aromatic rings. The number of rotatable bonds is 3. The molecule has 3 aliphatic rings. The molecule has 1 unspecified atom stereocenters. The Morgan fingerprint density at radius 1 is 1.17 bits per heavy atom. The quantitative estimate of drug-likeness (QED) is 0.792. The van der Waals surface area contributed by atoms with Gasteiger partial charge < -0.3 is 19.3 Å². The van der Waals surface area contributed by atoms with E-state index in [2.05, 4.69) is 22.1 Å². The van der Waals surface area contributed by atoms with E-state index in [-0.39, 0.29) is 29.9 Å². The third kappa shape index (κ3) is 2.85. The lowest BCUT2D eigenvalue weighted by molar-refractivity contribution is -0.140. The molecule has 4 heterocycles. The summed E-state index contributed by atoms with van der Waals surface area (Å²) < 4.78 is 25.8. The Kier molecular flexibility index (Phi) is 4.38. The fraction of sp³-hybridized carbons (Fsp3) is 0.476. The van der Waals surface area contributed by atoms with Crippen molar-refractivity contribution >= 4 is 11.7 Å². The van der Waals surface area contributed by atoms with Gasteiger partial charge >= 0.3 is 0 Å². The van der Waals surface area contributed by atoms with E-state index < -0.39 is 11.4 Å². The maximum Gasteiger partial charge on any atom is 0.257 e. The smallest absolute Gasteiger partial charge is 0.257 e. The third-order valence-electron chi connectivity index (χ3n) is 6.31. The van der Waals surface area contributed by atoms with Crippen LogP contribution in [0.4, 0.5) is 10.2 Å². The highest BCUT2D eigenvalue weighted by Gasteiger charge is 2.58. The van der Waals surface area contributed by atoms with Crippen LogP contribution in [0.3, 0.4) is 0 Å². The van der Waals surface area contributed by atoms with Crippen LogP contribution in [-0.4, -0.2) is 52.8 Å². The first-order valence-electron chi connectivity index (χ1n) is 9.98. The normalized spacial score (nSPS) is 25.5. The maximum atomic E-state index is 14.5. The largest absolute Gasteiger partial charge is 0.479 e. The Hall–Kier alpha value is -2.74. The van der Waals surface area contributed by atoms with Crippen molar-refractivity contribution in [3.05, 3.63) is 48.0 Å². The van der Waals surface area contributed by atoms with Gasteiger partial charge in [-0.3, -0.25) is 4.79 Å². The number of halogens is 1. The summed E-state index contributed by atoms with van der Waals surface area (Å²) in [5.41, 5.74) is 0.332. The zero-order valence-electron chi connectivity index (χ0n) is 16.3. The van der Waals surface area contributed by atoms with Crippen LogP contribution < -0.4 is 9.64 Å². The van der Waals surface area contributed by atoms with Crippen LogP contribution >= 0.6 is 0 Å². The summed E-state index contributed by atoms with van der Waals surface area (Å²) in [6, 6.07) is 10.2. The van der Waals surface area contributed by atoms with Crippen molar-refractivity contribution in [3.63, 3.8) is 0 Å². The zero-order chi connectivity index (χ0) is 20.0. The number of carbonyl (C=O) groups is 1. The van der Waals surface area contributed by atoms with Gasteiger partial charge in [-0.2, -0.15) is 9.37 Å². The second kappa shape index (κ2) is 6.95. The highest BCUT2D eigenvalue weighted by Crippen LogP contribution is 2.47. The van der Waals surface area contributed by atoms with Crippen LogP contribution in [0.5, 0.6) is 5.88 Å². The minimum Gasteiger partial charge on any atom is -0.479 e. The van der Waals surface area contributed by atoms with E-state index in [4.69, 9.17) is 9.47 Å². The summed E-state index contributed by atoms with van der Waals surface area (Å²) in [5, 5.41) is 0. The Morgan fingerprint density at radius 2 is 1.93 bits per heavy atom. The fourth-order valence-electron chi connectivity index (χ4n) is 4.84. The molecule has 0 N–H and O–H groups in total. The molecule has 152 valence electrons.